The molecule has 0 bridgehead atoms. The zero-order valence-corrected chi connectivity index (χ0v) is 11.1. The molecule has 3 N–H and O–H groups in total. The molecule has 4 nitrogen and oxygen atoms in total. The molecule has 96 valence electrons. The first-order chi connectivity index (χ1) is 8.60. The highest BCUT2D eigenvalue weighted by atomic mass is 15.3. The van der Waals surface area contributed by atoms with Crippen LogP contribution >= 0.6 is 0 Å². The summed E-state index contributed by atoms with van der Waals surface area (Å²) in [4.78, 5) is 0. The Balaban J connectivity index is 2.19. The van der Waals surface area contributed by atoms with E-state index < -0.39 is 0 Å². The molecule has 2 rings (SSSR count). The molecule has 4 heteroatoms. The third-order valence-electron chi connectivity index (χ3n) is 3.32. The fraction of sp³-hybridized carbons (Fsp3) is 0.357. The summed E-state index contributed by atoms with van der Waals surface area (Å²) < 4.78 is 1.81. The van der Waals surface area contributed by atoms with E-state index in [0.29, 0.717) is 0 Å². The molecule has 0 saturated heterocycles. The van der Waals surface area contributed by atoms with Crippen LogP contribution in [0.5, 0.6) is 0 Å². The summed E-state index contributed by atoms with van der Waals surface area (Å²) in [6.07, 6.45) is 2.74. The number of nitrogens with zero attached hydrogens (tertiary/aromatic N) is 2. The highest BCUT2D eigenvalue weighted by molar-refractivity contribution is 5.32. The number of hydrogen-bond donors (Lipinski definition) is 2. The van der Waals surface area contributed by atoms with Gasteiger partial charge in [0.05, 0.1) is 11.7 Å². The second kappa shape index (κ2) is 5.33. The van der Waals surface area contributed by atoms with E-state index in [1.807, 2.05) is 24.0 Å². The van der Waals surface area contributed by atoms with Crippen molar-refractivity contribution < 1.29 is 0 Å². The largest absolute Gasteiger partial charge is 0.276 e. The molecule has 1 unspecified atom stereocenters. The first kappa shape index (κ1) is 12.8. The molecule has 2 aromatic rings. The number of hydrazine groups is 1. The molecule has 0 saturated carbocycles. The molecule has 1 atom stereocenters. The van der Waals surface area contributed by atoms with Gasteiger partial charge >= 0.3 is 0 Å². The van der Waals surface area contributed by atoms with Gasteiger partial charge in [0.25, 0.3) is 0 Å². The van der Waals surface area contributed by atoms with Crippen molar-refractivity contribution >= 4 is 0 Å². The topological polar surface area (TPSA) is 55.9 Å². The Morgan fingerprint density at radius 2 is 2.06 bits per heavy atom. The maximum absolute atomic E-state index is 5.66. The summed E-state index contributed by atoms with van der Waals surface area (Å²) in [7, 11) is 1.92. The Bertz CT molecular complexity index is 530. The number of nitrogens with two attached hydrogens (primary N) is 1. The van der Waals surface area contributed by atoms with Crippen LogP contribution < -0.4 is 11.3 Å². The standard InChI is InChI=1S/C14H20N4/c1-10-4-5-12(8-11(10)2)14(16-15)9-13-6-7-18(3)17-13/h4-8,14,16H,9,15H2,1-3H3. The minimum atomic E-state index is 0.0965. The van der Waals surface area contributed by atoms with Gasteiger partial charge in [0.2, 0.25) is 0 Å². The third kappa shape index (κ3) is 2.78. The van der Waals surface area contributed by atoms with Gasteiger partial charge in [-0.1, -0.05) is 18.2 Å². The van der Waals surface area contributed by atoms with Gasteiger partial charge in [-0.15, -0.1) is 0 Å². The Kier molecular flexibility index (Phi) is 3.79. The van der Waals surface area contributed by atoms with Gasteiger partial charge in [-0.25, -0.2) is 0 Å². The molecule has 0 amide bonds. The zero-order valence-electron chi connectivity index (χ0n) is 11.1. The van der Waals surface area contributed by atoms with Crippen LogP contribution in [-0.2, 0) is 13.5 Å². The van der Waals surface area contributed by atoms with E-state index in [2.05, 4.69) is 42.6 Å². The minimum absolute atomic E-state index is 0.0965. The van der Waals surface area contributed by atoms with Crippen molar-refractivity contribution in [2.75, 3.05) is 0 Å². The number of benzene rings is 1. The van der Waals surface area contributed by atoms with E-state index in [9.17, 15) is 0 Å². The van der Waals surface area contributed by atoms with Gasteiger partial charge in [0.1, 0.15) is 0 Å². The maximum Gasteiger partial charge on any atom is 0.0643 e. The summed E-state index contributed by atoms with van der Waals surface area (Å²) >= 11 is 0. The number of nitrogens with one attached hydrogen (secondary N) is 1. The van der Waals surface area contributed by atoms with Crippen molar-refractivity contribution in [3.05, 3.63) is 52.8 Å². The second-order valence-electron chi connectivity index (χ2n) is 4.75. The Morgan fingerprint density at radius 1 is 1.28 bits per heavy atom. The summed E-state index contributed by atoms with van der Waals surface area (Å²) in [5, 5.41) is 4.39. The Hall–Kier alpha value is -1.65. The fourth-order valence-electron chi connectivity index (χ4n) is 2.04. The predicted octanol–water partition coefficient (Wildman–Crippen LogP) is 1.78. The van der Waals surface area contributed by atoms with Crippen LogP contribution in [-0.4, -0.2) is 9.78 Å². The Labute approximate surface area is 108 Å². The van der Waals surface area contributed by atoms with Crippen molar-refractivity contribution in [3.8, 4) is 0 Å². The van der Waals surface area contributed by atoms with Crippen LogP contribution in [0.2, 0.25) is 0 Å². The van der Waals surface area contributed by atoms with Crippen LogP contribution in [0.3, 0.4) is 0 Å². The van der Waals surface area contributed by atoms with Gasteiger partial charge < -0.3 is 0 Å². The lowest BCUT2D eigenvalue weighted by Gasteiger charge is -2.16. The van der Waals surface area contributed by atoms with Crippen molar-refractivity contribution in [2.45, 2.75) is 26.3 Å². The summed E-state index contributed by atoms with van der Waals surface area (Å²) in [5.74, 6) is 5.66. The van der Waals surface area contributed by atoms with E-state index in [-0.39, 0.29) is 6.04 Å². The zero-order chi connectivity index (χ0) is 13.1. The summed E-state index contributed by atoms with van der Waals surface area (Å²) in [6, 6.07) is 8.55. The molecule has 0 aliphatic heterocycles. The first-order valence-corrected chi connectivity index (χ1v) is 6.12. The van der Waals surface area contributed by atoms with Crippen molar-refractivity contribution in [2.24, 2.45) is 12.9 Å². The third-order valence-corrected chi connectivity index (χ3v) is 3.32. The molecule has 0 spiro atoms. The van der Waals surface area contributed by atoms with Gasteiger partial charge in [-0.3, -0.25) is 16.0 Å². The van der Waals surface area contributed by atoms with E-state index in [1.165, 1.54) is 16.7 Å². The summed E-state index contributed by atoms with van der Waals surface area (Å²) in [5.41, 5.74) is 7.70. The maximum atomic E-state index is 5.66. The average molecular weight is 244 g/mol. The number of aryl methyl sites for hydroxylation is 3. The highest BCUT2D eigenvalue weighted by Gasteiger charge is 2.12. The lowest BCUT2D eigenvalue weighted by molar-refractivity contribution is 0.541. The highest BCUT2D eigenvalue weighted by Crippen LogP contribution is 2.19. The molecule has 1 heterocycles. The molecule has 0 radical (unpaired) electrons. The lowest BCUT2D eigenvalue weighted by Crippen LogP contribution is -2.29. The SMILES string of the molecule is Cc1ccc(C(Cc2ccn(C)n2)NN)cc1C. The molecule has 0 fully saturated rings. The van der Waals surface area contributed by atoms with E-state index in [0.717, 1.165) is 12.1 Å². The predicted molar refractivity (Wildman–Crippen MR) is 72.9 cm³/mol. The van der Waals surface area contributed by atoms with Gasteiger partial charge in [0, 0.05) is 19.7 Å². The van der Waals surface area contributed by atoms with Crippen LogP contribution in [0.4, 0.5) is 0 Å². The van der Waals surface area contributed by atoms with Crippen molar-refractivity contribution in [3.63, 3.8) is 0 Å². The average Bonchev–Trinajstić information content (AvgIpc) is 2.75. The second-order valence-corrected chi connectivity index (χ2v) is 4.75. The van der Waals surface area contributed by atoms with E-state index in [4.69, 9.17) is 5.84 Å². The van der Waals surface area contributed by atoms with Gasteiger partial charge in [0.15, 0.2) is 0 Å². The quantitative estimate of drug-likeness (QED) is 0.637. The lowest BCUT2D eigenvalue weighted by atomic mass is 9.98. The van der Waals surface area contributed by atoms with Crippen LogP contribution in [0, 0.1) is 13.8 Å². The van der Waals surface area contributed by atoms with Crippen molar-refractivity contribution in [1.82, 2.24) is 15.2 Å². The molecule has 0 aliphatic carbocycles. The van der Waals surface area contributed by atoms with Crippen molar-refractivity contribution in [1.29, 1.82) is 0 Å². The smallest absolute Gasteiger partial charge is 0.0643 e. The van der Waals surface area contributed by atoms with Crippen LogP contribution in [0.1, 0.15) is 28.4 Å². The van der Waals surface area contributed by atoms with E-state index in [1.54, 1.807) is 0 Å². The normalized spacial score (nSPS) is 12.7. The number of aromatic nitrogens is 2. The number of rotatable bonds is 4. The van der Waals surface area contributed by atoms with Crippen LogP contribution in [0.15, 0.2) is 30.5 Å². The van der Waals surface area contributed by atoms with Crippen LogP contribution in [0.25, 0.3) is 0 Å². The minimum Gasteiger partial charge on any atom is -0.276 e. The van der Waals surface area contributed by atoms with Gasteiger partial charge in [-0.05, 0) is 36.6 Å². The summed E-state index contributed by atoms with van der Waals surface area (Å²) in [6.45, 7) is 4.23. The van der Waals surface area contributed by atoms with Gasteiger partial charge in [-0.2, -0.15) is 5.10 Å². The Morgan fingerprint density at radius 3 is 2.61 bits per heavy atom. The van der Waals surface area contributed by atoms with E-state index >= 15 is 0 Å². The number of hydrogen-bond acceptors (Lipinski definition) is 3. The molecule has 1 aromatic carbocycles. The molecular weight excluding hydrogens is 224 g/mol. The first-order valence-electron chi connectivity index (χ1n) is 6.12. The molecule has 0 aliphatic rings. The molecule has 18 heavy (non-hydrogen) atoms. The molecular formula is C14H20N4. The monoisotopic (exact) mass is 244 g/mol. The fourth-order valence-corrected chi connectivity index (χ4v) is 2.04. The molecule has 1 aromatic heterocycles.